The topological polar surface area (TPSA) is 94.6 Å². The third-order valence-corrected chi connectivity index (χ3v) is 5.36. The molecule has 0 saturated carbocycles. The molecule has 0 saturated heterocycles. The first-order valence-corrected chi connectivity index (χ1v) is 11.2. The molecule has 0 N–H and O–H groups in total. The molecule has 0 spiro atoms. The summed E-state index contributed by atoms with van der Waals surface area (Å²) in [6.07, 6.45) is 3.61. The Morgan fingerprint density at radius 2 is 1.79 bits per heavy atom. The van der Waals surface area contributed by atoms with Crippen molar-refractivity contribution in [3.05, 3.63) is 72.1 Å². The van der Waals surface area contributed by atoms with E-state index in [1.165, 1.54) is 11.2 Å². The van der Waals surface area contributed by atoms with Crippen LogP contribution in [0.4, 0.5) is 0 Å². The smallest absolute Gasteiger partial charge is 0.290 e. The van der Waals surface area contributed by atoms with Gasteiger partial charge in [-0.05, 0) is 55.3 Å². The standard InChI is InChI=1S/C25H28N2O7/c1-2-30-11-5-10-26(25(29)22-7-4-13-32-22)17-24(28)27(16-20-6-3-12-31-20)15-19-8-9-21-23(14-19)34-18-33-21/h3-4,6-9,12-14H,2,5,10-11,15-18H2,1H3. The van der Waals surface area contributed by atoms with E-state index >= 15 is 0 Å². The van der Waals surface area contributed by atoms with Gasteiger partial charge in [-0.25, -0.2) is 0 Å². The van der Waals surface area contributed by atoms with Crippen molar-refractivity contribution in [2.24, 2.45) is 0 Å². The van der Waals surface area contributed by atoms with Crippen LogP contribution in [-0.2, 0) is 22.6 Å². The van der Waals surface area contributed by atoms with Crippen LogP contribution in [0.1, 0.15) is 35.2 Å². The second-order valence-corrected chi connectivity index (χ2v) is 7.77. The van der Waals surface area contributed by atoms with E-state index in [0.29, 0.717) is 50.0 Å². The van der Waals surface area contributed by atoms with E-state index in [4.69, 9.17) is 23.0 Å². The quantitative estimate of drug-likeness (QED) is 0.374. The van der Waals surface area contributed by atoms with Crippen molar-refractivity contribution in [2.75, 3.05) is 33.1 Å². The highest BCUT2D eigenvalue weighted by atomic mass is 16.7. The molecule has 0 fully saturated rings. The first-order chi connectivity index (χ1) is 16.6. The van der Waals surface area contributed by atoms with Gasteiger partial charge in [-0.1, -0.05) is 6.07 Å². The van der Waals surface area contributed by atoms with Gasteiger partial charge in [0.05, 0.1) is 19.1 Å². The van der Waals surface area contributed by atoms with Gasteiger partial charge >= 0.3 is 0 Å². The van der Waals surface area contributed by atoms with Gasteiger partial charge in [0.15, 0.2) is 17.3 Å². The van der Waals surface area contributed by atoms with Crippen molar-refractivity contribution in [2.45, 2.75) is 26.4 Å². The zero-order valence-corrected chi connectivity index (χ0v) is 19.1. The van der Waals surface area contributed by atoms with E-state index in [1.54, 1.807) is 29.4 Å². The summed E-state index contributed by atoms with van der Waals surface area (Å²) >= 11 is 0. The molecule has 9 nitrogen and oxygen atoms in total. The number of furan rings is 2. The van der Waals surface area contributed by atoms with Crippen molar-refractivity contribution in [3.8, 4) is 11.5 Å². The van der Waals surface area contributed by atoms with Gasteiger partial charge in [0.25, 0.3) is 5.91 Å². The fourth-order valence-corrected chi connectivity index (χ4v) is 3.66. The first kappa shape index (κ1) is 23.4. The Balaban J connectivity index is 1.49. The summed E-state index contributed by atoms with van der Waals surface area (Å²) in [5.41, 5.74) is 0.879. The van der Waals surface area contributed by atoms with E-state index in [1.807, 2.05) is 31.2 Å². The summed E-state index contributed by atoms with van der Waals surface area (Å²) in [5, 5.41) is 0. The van der Waals surface area contributed by atoms with Crippen molar-refractivity contribution in [3.63, 3.8) is 0 Å². The summed E-state index contributed by atoms with van der Waals surface area (Å²) in [6, 6.07) is 12.4. The highest BCUT2D eigenvalue weighted by Gasteiger charge is 2.25. The van der Waals surface area contributed by atoms with Gasteiger partial charge < -0.3 is 32.8 Å². The minimum atomic E-state index is -0.337. The third kappa shape index (κ3) is 5.99. The first-order valence-electron chi connectivity index (χ1n) is 11.2. The Hall–Kier alpha value is -3.72. The lowest BCUT2D eigenvalue weighted by Crippen LogP contribution is -2.43. The summed E-state index contributed by atoms with van der Waals surface area (Å²) in [4.78, 5) is 29.6. The van der Waals surface area contributed by atoms with Crippen molar-refractivity contribution in [1.29, 1.82) is 0 Å². The van der Waals surface area contributed by atoms with Crippen LogP contribution in [-0.4, -0.2) is 54.7 Å². The number of hydrogen-bond acceptors (Lipinski definition) is 7. The molecule has 0 bridgehead atoms. The summed E-state index contributed by atoms with van der Waals surface area (Å²) in [5.74, 6) is 1.61. The minimum absolute atomic E-state index is 0.100. The lowest BCUT2D eigenvalue weighted by molar-refractivity contribution is -0.133. The molecule has 180 valence electrons. The fraction of sp³-hybridized carbons (Fsp3) is 0.360. The van der Waals surface area contributed by atoms with Gasteiger partial charge in [-0.15, -0.1) is 0 Å². The van der Waals surface area contributed by atoms with Crippen molar-refractivity contribution < 1.29 is 32.6 Å². The highest BCUT2D eigenvalue weighted by molar-refractivity contribution is 5.94. The van der Waals surface area contributed by atoms with E-state index in [9.17, 15) is 9.59 Å². The predicted octanol–water partition coefficient (Wildman–Crippen LogP) is 3.70. The minimum Gasteiger partial charge on any atom is -0.467 e. The zero-order valence-electron chi connectivity index (χ0n) is 19.1. The largest absolute Gasteiger partial charge is 0.467 e. The van der Waals surface area contributed by atoms with Crippen molar-refractivity contribution in [1.82, 2.24) is 9.80 Å². The molecule has 9 heteroatoms. The third-order valence-electron chi connectivity index (χ3n) is 5.36. The average molecular weight is 469 g/mol. The molecule has 2 aromatic heterocycles. The van der Waals surface area contributed by atoms with E-state index < -0.39 is 0 Å². The van der Waals surface area contributed by atoms with Crippen LogP contribution in [0.3, 0.4) is 0 Å². The van der Waals surface area contributed by atoms with E-state index in [0.717, 1.165) is 5.56 Å². The lowest BCUT2D eigenvalue weighted by atomic mass is 10.1. The van der Waals surface area contributed by atoms with Crippen LogP contribution in [0.25, 0.3) is 0 Å². The monoisotopic (exact) mass is 468 g/mol. The molecule has 1 aliphatic rings. The predicted molar refractivity (Wildman–Crippen MR) is 121 cm³/mol. The second-order valence-electron chi connectivity index (χ2n) is 7.77. The number of fused-ring (bicyclic) bond motifs is 1. The number of amides is 2. The zero-order chi connectivity index (χ0) is 23.8. The SMILES string of the molecule is CCOCCCN(CC(=O)N(Cc1ccc2c(c1)OCO2)Cc1ccco1)C(=O)c1ccco1. The van der Waals surface area contributed by atoms with Crippen LogP contribution in [0.5, 0.6) is 11.5 Å². The molecule has 0 aliphatic carbocycles. The number of benzene rings is 1. The number of carbonyl (C=O) groups excluding carboxylic acids is 2. The maximum atomic E-state index is 13.5. The van der Waals surface area contributed by atoms with Gasteiger partial charge in [0.2, 0.25) is 12.7 Å². The normalized spacial score (nSPS) is 12.0. The maximum Gasteiger partial charge on any atom is 0.290 e. The van der Waals surface area contributed by atoms with E-state index in [2.05, 4.69) is 0 Å². The number of ether oxygens (including phenoxy) is 3. The number of rotatable bonds is 12. The van der Waals surface area contributed by atoms with Gasteiger partial charge in [-0.3, -0.25) is 9.59 Å². The maximum absolute atomic E-state index is 13.5. The Bertz CT molecular complexity index is 1060. The fourth-order valence-electron chi connectivity index (χ4n) is 3.66. The molecule has 0 radical (unpaired) electrons. The molecule has 34 heavy (non-hydrogen) atoms. The molecule has 0 unspecified atom stereocenters. The average Bonchev–Trinajstić information content (AvgIpc) is 3.62. The molecule has 2 amide bonds. The van der Waals surface area contributed by atoms with Crippen molar-refractivity contribution >= 4 is 11.8 Å². The Morgan fingerprint density at radius 1 is 0.971 bits per heavy atom. The molecule has 4 rings (SSSR count). The van der Waals surface area contributed by atoms with Crippen LogP contribution >= 0.6 is 0 Å². The van der Waals surface area contributed by atoms with Crippen LogP contribution in [0, 0.1) is 0 Å². The van der Waals surface area contributed by atoms with Gasteiger partial charge in [0.1, 0.15) is 12.3 Å². The molecular formula is C25H28N2O7. The van der Waals surface area contributed by atoms with Gasteiger partial charge in [0, 0.05) is 26.3 Å². The summed E-state index contributed by atoms with van der Waals surface area (Å²) in [6.45, 7) is 4.04. The molecule has 1 aliphatic heterocycles. The Labute approximate surface area is 197 Å². The summed E-state index contributed by atoms with van der Waals surface area (Å²) in [7, 11) is 0. The van der Waals surface area contributed by atoms with Crippen LogP contribution in [0.2, 0.25) is 0 Å². The van der Waals surface area contributed by atoms with Gasteiger partial charge in [-0.2, -0.15) is 0 Å². The Kier molecular flexibility index (Phi) is 7.87. The van der Waals surface area contributed by atoms with Crippen LogP contribution < -0.4 is 9.47 Å². The number of hydrogen-bond donors (Lipinski definition) is 0. The highest BCUT2D eigenvalue weighted by Crippen LogP contribution is 2.33. The second kappa shape index (κ2) is 11.4. The number of nitrogens with zero attached hydrogens (tertiary/aromatic N) is 2. The summed E-state index contributed by atoms with van der Waals surface area (Å²) < 4.78 is 27.0. The molecule has 0 atom stereocenters. The van der Waals surface area contributed by atoms with Crippen LogP contribution in [0.15, 0.2) is 63.8 Å². The molecular weight excluding hydrogens is 440 g/mol. The Morgan fingerprint density at radius 3 is 2.56 bits per heavy atom. The molecule has 3 heterocycles. The van der Waals surface area contributed by atoms with E-state index in [-0.39, 0.29) is 37.5 Å². The number of carbonyl (C=O) groups is 2. The molecule has 3 aromatic rings. The lowest BCUT2D eigenvalue weighted by Gasteiger charge is -2.27. The molecule has 1 aromatic carbocycles.